The van der Waals surface area contributed by atoms with Gasteiger partial charge in [-0.15, -0.1) is 0 Å². The predicted octanol–water partition coefficient (Wildman–Crippen LogP) is 3.98. The first-order valence-electron chi connectivity index (χ1n) is 7.33. The van der Waals surface area contributed by atoms with Gasteiger partial charge in [0.25, 0.3) is 0 Å². The van der Waals surface area contributed by atoms with Crippen molar-refractivity contribution in [2.75, 3.05) is 20.2 Å². The van der Waals surface area contributed by atoms with Crippen LogP contribution in [-0.2, 0) is 11.2 Å². The number of ether oxygens (including phenoxy) is 1. The van der Waals surface area contributed by atoms with Gasteiger partial charge >= 0.3 is 0 Å². The molecule has 0 spiro atoms. The molecule has 5 heteroatoms. The summed E-state index contributed by atoms with van der Waals surface area (Å²) < 4.78 is 19.2. The number of hydrogen-bond acceptors (Lipinski definition) is 2. The van der Waals surface area contributed by atoms with Crippen molar-refractivity contribution in [3.63, 3.8) is 0 Å². The molecule has 0 N–H and O–H groups in total. The van der Waals surface area contributed by atoms with Gasteiger partial charge in [0.15, 0.2) is 0 Å². The van der Waals surface area contributed by atoms with Crippen molar-refractivity contribution in [3.05, 3.63) is 63.9 Å². The second-order valence-corrected chi connectivity index (χ2v) is 6.26. The maximum Gasteiger partial charge on any atom is 0.226 e. The molecule has 0 radical (unpaired) electrons. The third-order valence-electron chi connectivity index (χ3n) is 3.45. The molecule has 0 aliphatic heterocycles. The summed E-state index contributed by atoms with van der Waals surface area (Å²) in [5, 5.41) is 0. The minimum absolute atomic E-state index is 0.0312. The van der Waals surface area contributed by atoms with Crippen LogP contribution < -0.4 is 4.74 Å². The van der Waals surface area contributed by atoms with Crippen molar-refractivity contribution >= 4 is 21.8 Å². The first-order valence-corrected chi connectivity index (χ1v) is 8.12. The number of hydrogen-bond donors (Lipinski definition) is 0. The number of benzene rings is 2. The lowest BCUT2D eigenvalue weighted by Gasteiger charge is -2.18. The van der Waals surface area contributed by atoms with Crippen LogP contribution >= 0.6 is 15.9 Å². The van der Waals surface area contributed by atoms with E-state index in [4.69, 9.17) is 4.74 Å². The normalized spacial score (nSPS) is 10.4. The van der Waals surface area contributed by atoms with Gasteiger partial charge in [0.1, 0.15) is 18.2 Å². The molecule has 1 amide bonds. The van der Waals surface area contributed by atoms with E-state index >= 15 is 0 Å². The van der Waals surface area contributed by atoms with E-state index in [-0.39, 0.29) is 18.1 Å². The number of carbonyl (C=O) groups excluding carboxylic acids is 1. The van der Waals surface area contributed by atoms with Crippen molar-refractivity contribution in [2.24, 2.45) is 0 Å². The van der Waals surface area contributed by atoms with Gasteiger partial charge in [-0.3, -0.25) is 4.79 Å². The van der Waals surface area contributed by atoms with Gasteiger partial charge in [-0.1, -0.05) is 18.2 Å². The van der Waals surface area contributed by atoms with Crippen LogP contribution in [0.4, 0.5) is 4.39 Å². The van der Waals surface area contributed by atoms with Crippen molar-refractivity contribution in [2.45, 2.75) is 13.3 Å². The fraction of sp³-hybridized carbons (Fsp3) is 0.278. The van der Waals surface area contributed by atoms with E-state index in [1.54, 1.807) is 24.1 Å². The van der Waals surface area contributed by atoms with Gasteiger partial charge in [0.05, 0.1) is 17.4 Å². The summed E-state index contributed by atoms with van der Waals surface area (Å²) in [7, 11) is 1.74. The highest BCUT2D eigenvalue weighted by atomic mass is 79.9. The smallest absolute Gasteiger partial charge is 0.226 e. The number of aryl methyl sites for hydroxylation is 1. The average molecular weight is 380 g/mol. The molecule has 0 aromatic heterocycles. The van der Waals surface area contributed by atoms with E-state index in [9.17, 15) is 9.18 Å². The summed E-state index contributed by atoms with van der Waals surface area (Å²) in [6.07, 6.45) is 0.236. The number of amides is 1. The Kier molecular flexibility index (Phi) is 6.16. The molecule has 0 fully saturated rings. The van der Waals surface area contributed by atoms with Crippen LogP contribution in [0.3, 0.4) is 0 Å². The van der Waals surface area contributed by atoms with Crippen LogP contribution in [0.15, 0.2) is 46.9 Å². The number of nitrogens with zero attached hydrogens (tertiary/aromatic N) is 1. The zero-order valence-corrected chi connectivity index (χ0v) is 14.8. The molecule has 0 unspecified atom stereocenters. The number of carbonyl (C=O) groups is 1. The Balaban J connectivity index is 1.81. The molecule has 2 aromatic carbocycles. The Bertz CT molecular complexity index is 690. The molecule has 0 aliphatic rings. The SMILES string of the molecule is Cc1cccc(OCCN(C)C(=O)Cc2ccc(F)c(Br)c2)c1. The highest BCUT2D eigenvalue weighted by Gasteiger charge is 2.11. The quantitative estimate of drug-likeness (QED) is 0.759. The standard InChI is InChI=1S/C18H19BrFNO2/c1-13-4-3-5-15(10-13)23-9-8-21(2)18(22)12-14-6-7-17(20)16(19)11-14/h3-7,10-11H,8-9,12H2,1-2H3. The minimum atomic E-state index is -0.332. The van der Waals surface area contributed by atoms with E-state index in [1.165, 1.54) is 6.07 Å². The van der Waals surface area contributed by atoms with Gasteiger partial charge in [-0.25, -0.2) is 4.39 Å². The Labute approximate surface area is 144 Å². The molecular formula is C18H19BrFNO2. The summed E-state index contributed by atoms with van der Waals surface area (Å²) in [5.74, 6) is 0.436. The Morgan fingerprint density at radius 3 is 2.74 bits per heavy atom. The second kappa shape index (κ2) is 8.11. The largest absolute Gasteiger partial charge is 0.492 e. The summed E-state index contributed by atoms with van der Waals surface area (Å²) in [5.41, 5.74) is 1.91. The molecule has 23 heavy (non-hydrogen) atoms. The zero-order valence-electron chi connectivity index (χ0n) is 13.2. The molecule has 122 valence electrons. The number of rotatable bonds is 6. The van der Waals surface area contributed by atoms with E-state index in [1.807, 2.05) is 31.2 Å². The van der Waals surface area contributed by atoms with Gasteiger partial charge in [-0.2, -0.15) is 0 Å². The van der Waals surface area contributed by atoms with Crippen LogP contribution in [0.5, 0.6) is 5.75 Å². The fourth-order valence-electron chi connectivity index (χ4n) is 2.09. The number of likely N-dealkylation sites (N-methyl/N-ethyl adjacent to an activating group) is 1. The van der Waals surface area contributed by atoms with Crippen LogP contribution in [-0.4, -0.2) is 31.0 Å². The molecule has 0 heterocycles. The highest BCUT2D eigenvalue weighted by molar-refractivity contribution is 9.10. The van der Waals surface area contributed by atoms with Crippen LogP contribution in [0, 0.1) is 12.7 Å². The van der Waals surface area contributed by atoms with Crippen LogP contribution in [0.1, 0.15) is 11.1 Å². The van der Waals surface area contributed by atoms with Crippen molar-refractivity contribution in [1.29, 1.82) is 0 Å². The first-order chi connectivity index (χ1) is 11.0. The van der Waals surface area contributed by atoms with Crippen molar-refractivity contribution in [1.82, 2.24) is 4.90 Å². The van der Waals surface area contributed by atoms with E-state index in [2.05, 4.69) is 15.9 Å². The van der Waals surface area contributed by atoms with E-state index < -0.39 is 0 Å². The van der Waals surface area contributed by atoms with E-state index in [0.717, 1.165) is 16.9 Å². The maximum atomic E-state index is 13.2. The van der Waals surface area contributed by atoms with Gasteiger partial charge in [0.2, 0.25) is 5.91 Å². The van der Waals surface area contributed by atoms with E-state index in [0.29, 0.717) is 17.6 Å². The Morgan fingerprint density at radius 1 is 1.26 bits per heavy atom. The maximum absolute atomic E-state index is 13.2. The topological polar surface area (TPSA) is 29.5 Å². The van der Waals surface area contributed by atoms with Crippen LogP contribution in [0.25, 0.3) is 0 Å². The van der Waals surface area contributed by atoms with Gasteiger partial charge in [-0.05, 0) is 58.2 Å². The zero-order chi connectivity index (χ0) is 16.8. The van der Waals surface area contributed by atoms with Gasteiger partial charge < -0.3 is 9.64 Å². The summed E-state index contributed by atoms with van der Waals surface area (Å²) in [4.78, 5) is 13.8. The molecule has 0 atom stereocenters. The molecule has 0 saturated carbocycles. The van der Waals surface area contributed by atoms with Crippen LogP contribution in [0.2, 0.25) is 0 Å². The third kappa shape index (κ3) is 5.36. The van der Waals surface area contributed by atoms with Gasteiger partial charge in [0, 0.05) is 7.05 Å². The molecule has 0 aliphatic carbocycles. The monoisotopic (exact) mass is 379 g/mol. The van der Waals surface area contributed by atoms with Crippen molar-refractivity contribution < 1.29 is 13.9 Å². The molecular weight excluding hydrogens is 361 g/mol. The van der Waals surface area contributed by atoms with Crippen molar-refractivity contribution in [3.8, 4) is 5.75 Å². The molecule has 2 aromatic rings. The highest BCUT2D eigenvalue weighted by Crippen LogP contribution is 2.17. The summed E-state index contributed by atoms with van der Waals surface area (Å²) in [6.45, 7) is 2.93. The lowest BCUT2D eigenvalue weighted by Crippen LogP contribution is -2.32. The molecule has 0 saturated heterocycles. The molecule has 0 bridgehead atoms. The number of halogens is 2. The molecule has 2 rings (SSSR count). The second-order valence-electron chi connectivity index (χ2n) is 5.41. The third-order valence-corrected chi connectivity index (χ3v) is 4.06. The Hall–Kier alpha value is -1.88. The predicted molar refractivity (Wildman–Crippen MR) is 92.1 cm³/mol. The molecule has 3 nitrogen and oxygen atoms in total. The lowest BCUT2D eigenvalue weighted by molar-refractivity contribution is -0.129. The minimum Gasteiger partial charge on any atom is -0.492 e. The lowest BCUT2D eigenvalue weighted by atomic mass is 10.1. The first kappa shape index (κ1) is 17.5. The Morgan fingerprint density at radius 2 is 2.04 bits per heavy atom. The summed E-state index contributed by atoms with van der Waals surface area (Å²) >= 11 is 3.13. The summed E-state index contributed by atoms with van der Waals surface area (Å²) in [6, 6.07) is 12.4. The average Bonchev–Trinajstić information content (AvgIpc) is 2.51. The fourth-order valence-corrected chi connectivity index (χ4v) is 2.52.